The molecule has 90 valence electrons. The highest BCUT2D eigenvalue weighted by molar-refractivity contribution is 5.36. The molecule has 0 aliphatic carbocycles. The lowest BCUT2D eigenvalue weighted by atomic mass is 10.3. The van der Waals surface area contributed by atoms with Crippen molar-refractivity contribution in [1.29, 1.82) is 5.26 Å². The van der Waals surface area contributed by atoms with Crippen LogP contribution in [0.15, 0.2) is 42.6 Å². The molecule has 2 aromatic rings. The third kappa shape index (κ3) is 2.98. The minimum absolute atomic E-state index is 0.401. The largest absolute Gasteiger partial charge is 0.494 e. The van der Waals surface area contributed by atoms with Crippen LogP contribution < -0.4 is 9.47 Å². The summed E-state index contributed by atoms with van der Waals surface area (Å²) in [4.78, 5) is 4.04. The van der Waals surface area contributed by atoms with E-state index >= 15 is 0 Å². The number of aromatic nitrogens is 1. The van der Waals surface area contributed by atoms with Crippen molar-refractivity contribution >= 4 is 0 Å². The maximum atomic E-state index is 8.77. The normalized spacial score (nSPS) is 9.56. The second kappa shape index (κ2) is 5.69. The molecule has 4 heteroatoms. The maximum Gasteiger partial charge on any atom is 0.220 e. The zero-order chi connectivity index (χ0) is 12.8. The van der Waals surface area contributed by atoms with E-state index in [1.807, 2.05) is 25.1 Å². The van der Waals surface area contributed by atoms with Crippen molar-refractivity contribution in [2.75, 3.05) is 6.61 Å². The number of pyridine rings is 1. The zero-order valence-electron chi connectivity index (χ0n) is 9.96. The topological polar surface area (TPSA) is 55.1 Å². The molecular formula is C14H12N2O2. The van der Waals surface area contributed by atoms with E-state index < -0.39 is 0 Å². The Balaban J connectivity index is 2.11. The highest BCUT2D eigenvalue weighted by Gasteiger charge is 2.00. The monoisotopic (exact) mass is 240 g/mol. The molecular weight excluding hydrogens is 228 g/mol. The van der Waals surface area contributed by atoms with Crippen molar-refractivity contribution in [1.82, 2.24) is 4.98 Å². The van der Waals surface area contributed by atoms with E-state index in [0.29, 0.717) is 23.8 Å². The summed E-state index contributed by atoms with van der Waals surface area (Å²) < 4.78 is 10.9. The van der Waals surface area contributed by atoms with Gasteiger partial charge in [0.1, 0.15) is 11.5 Å². The molecule has 0 fully saturated rings. The summed E-state index contributed by atoms with van der Waals surface area (Å²) in [5, 5.41) is 8.77. The van der Waals surface area contributed by atoms with Gasteiger partial charge in [0, 0.05) is 12.3 Å². The highest BCUT2D eigenvalue weighted by atomic mass is 16.5. The minimum atomic E-state index is 0.401. The molecule has 0 bridgehead atoms. The van der Waals surface area contributed by atoms with Crippen LogP contribution >= 0.6 is 0 Å². The Morgan fingerprint density at radius 1 is 1.17 bits per heavy atom. The number of benzene rings is 1. The van der Waals surface area contributed by atoms with Crippen LogP contribution in [0.1, 0.15) is 12.5 Å². The van der Waals surface area contributed by atoms with Gasteiger partial charge < -0.3 is 9.47 Å². The van der Waals surface area contributed by atoms with Crippen LogP contribution in [-0.4, -0.2) is 11.6 Å². The Kier molecular flexibility index (Phi) is 3.77. The summed E-state index contributed by atoms with van der Waals surface area (Å²) >= 11 is 0. The molecule has 0 atom stereocenters. The first kappa shape index (κ1) is 11.9. The van der Waals surface area contributed by atoms with E-state index in [1.165, 1.54) is 0 Å². The highest BCUT2D eigenvalue weighted by Crippen LogP contribution is 2.22. The Morgan fingerprint density at radius 2 is 1.89 bits per heavy atom. The Hall–Kier alpha value is -2.54. The van der Waals surface area contributed by atoms with Crippen LogP contribution in [-0.2, 0) is 0 Å². The number of hydrogen-bond acceptors (Lipinski definition) is 4. The van der Waals surface area contributed by atoms with Gasteiger partial charge in [-0.3, -0.25) is 0 Å². The Labute approximate surface area is 105 Å². The second-order valence-corrected chi connectivity index (χ2v) is 3.50. The fourth-order valence-electron chi connectivity index (χ4n) is 1.43. The van der Waals surface area contributed by atoms with Gasteiger partial charge in [0.25, 0.3) is 0 Å². The molecule has 0 unspecified atom stereocenters. The maximum absolute atomic E-state index is 8.77. The van der Waals surface area contributed by atoms with Crippen LogP contribution in [0, 0.1) is 11.3 Å². The van der Waals surface area contributed by atoms with Gasteiger partial charge in [-0.05, 0) is 37.3 Å². The lowest BCUT2D eigenvalue weighted by Crippen LogP contribution is -1.92. The molecule has 1 aromatic carbocycles. The van der Waals surface area contributed by atoms with Crippen molar-refractivity contribution < 1.29 is 9.47 Å². The molecule has 18 heavy (non-hydrogen) atoms. The molecule has 0 saturated heterocycles. The lowest BCUT2D eigenvalue weighted by molar-refractivity contribution is 0.339. The number of nitrogens with zero attached hydrogens (tertiary/aromatic N) is 2. The zero-order valence-corrected chi connectivity index (χ0v) is 9.96. The average Bonchev–Trinajstić information content (AvgIpc) is 2.42. The molecule has 1 heterocycles. The second-order valence-electron chi connectivity index (χ2n) is 3.50. The molecule has 0 radical (unpaired) electrons. The van der Waals surface area contributed by atoms with E-state index in [9.17, 15) is 0 Å². The van der Waals surface area contributed by atoms with Gasteiger partial charge in [-0.25, -0.2) is 4.98 Å². The predicted octanol–water partition coefficient (Wildman–Crippen LogP) is 3.14. The first-order chi connectivity index (χ1) is 8.81. The molecule has 1 aromatic heterocycles. The molecule has 2 rings (SSSR count). The first-order valence-electron chi connectivity index (χ1n) is 5.58. The Morgan fingerprint density at radius 3 is 2.56 bits per heavy atom. The Bertz CT molecular complexity index is 559. The van der Waals surface area contributed by atoms with Crippen molar-refractivity contribution in [2.24, 2.45) is 0 Å². The summed E-state index contributed by atoms with van der Waals surface area (Å²) in [6.07, 6.45) is 1.54. The summed E-state index contributed by atoms with van der Waals surface area (Å²) in [6.45, 7) is 2.56. The van der Waals surface area contributed by atoms with Crippen LogP contribution in [0.25, 0.3) is 0 Å². The van der Waals surface area contributed by atoms with Crippen LogP contribution in [0.2, 0.25) is 0 Å². The SMILES string of the molecule is CCOc1ccc(Oc2cc(C#N)ccn2)cc1. The lowest BCUT2D eigenvalue weighted by Gasteiger charge is -2.06. The predicted molar refractivity (Wildman–Crippen MR) is 66.6 cm³/mol. The van der Waals surface area contributed by atoms with E-state index in [1.54, 1.807) is 30.5 Å². The van der Waals surface area contributed by atoms with Crippen LogP contribution in [0.4, 0.5) is 0 Å². The molecule has 0 aliphatic rings. The molecule has 0 N–H and O–H groups in total. The van der Waals surface area contributed by atoms with Crippen molar-refractivity contribution in [3.8, 4) is 23.4 Å². The standard InChI is InChI=1S/C14H12N2O2/c1-2-17-12-3-5-13(6-4-12)18-14-9-11(10-15)7-8-16-14/h3-9H,2H2,1H3. The molecule has 4 nitrogen and oxygen atoms in total. The van der Waals surface area contributed by atoms with Crippen LogP contribution in [0.5, 0.6) is 17.4 Å². The third-order valence-corrected chi connectivity index (χ3v) is 2.22. The first-order valence-corrected chi connectivity index (χ1v) is 5.58. The van der Waals surface area contributed by atoms with Gasteiger partial charge in [0.2, 0.25) is 5.88 Å². The van der Waals surface area contributed by atoms with Gasteiger partial charge in [-0.2, -0.15) is 5.26 Å². The van der Waals surface area contributed by atoms with Crippen molar-refractivity contribution in [2.45, 2.75) is 6.92 Å². The smallest absolute Gasteiger partial charge is 0.220 e. The molecule has 0 spiro atoms. The minimum Gasteiger partial charge on any atom is -0.494 e. The van der Waals surface area contributed by atoms with Gasteiger partial charge >= 0.3 is 0 Å². The van der Waals surface area contributed by atoms with E-state index in [4.69, 9.17) is 14.7 Å². The van der Waals surface area contributed by atoms with E-state index in [0.717, 1.165) is 5.75 Å². The van der Waals surface area contributed by atoms with Crippen molar-refractivity contribution in [3.05, 3.63) is 48.2 Å². The summed E-state index contributed by atoms with van der Waals surface area (Å²) in [6, 6.07) is 12.5. The fraction of sp³-hybridized carbons (Fsp3) is 0.143. The molecule has 0 aliphatic heterocycles. The quantitative estimate of drug-likeness (QED) is 0.823. The van der Waals surface area contributed by atoms with Gasteiger partial charge in [0.15, 0.2) is 0 Å². The molecule has 0 saturated carbocycles. The van der Waals surface area contributed by atoms with Gasteiger partial charge in [-0.1, -0.05) is 0 Å². The number of ether oxygens (including phenoxy) is 2. The summed E-state index contributed by atoms with van der Waals surface area (Å²) in [7, 11) is 0. The summed E-state index contributed by atoms with van der Waals surface area (Å²) in [5.41, 5.74) is 0.519. The number of hydrogen-bond donors (Lipinski definition) is 0. The number of rotatable bonds is 4. The molecule has 0 amide bonds. The van der Waals surface area contributed by atoms with E-state index in [2.05, 4.69) is 4.98 Å². The van der Waals surface area contributed by atoms with Crippen LogP contribution in [0.3, 0.4) is 0 Å². The van der Waals surface area contributed by atoms with Gasteiger partial charge in [-0.15, -0.1) is 0 Å². The summed E-state index contributed by atoms with van der Waals surface area (Å²) in [5.74, 6) is 1.85. The third-order valence-electron chi connectivity index (χ3n) is 2.22. The number of nitriles is 1. The average molecular weight is 240 g/mol. The van der Waals surface area contributed by atoms with Crippen molar-refractivity contribution in [3.63, 3.8) is 0 Å². The van der Waals surface area contributed by atoms with Gasteiger partial charge in [0.05, 0.1) is 18.2 Å². The van der Waals surface area contributed by atoms with E-state index in [-0.39, 0.29) is 0 Å². The fourth-order valence-corrected chi connectivity index (χ4v) is 1.43.